The van der Waals surface area contributed by atoms with Gasteiger partial charge in [0.2, 0.25) is 0 Å². The average Bonchev–Trinajstić information content (AvgIpc) is 2.32. The SMILES string of the molecule is NC(=NO)c1ccc(OC2CCC2)c([N+](=O)[O-])c1. The van der Waals surface area contributed by atoms with Gasteiger partial charge in [0.25, 0.3) is 0 Å². The molecule has 0 saturated heterocycles. The first-order valence-corrected chi connectivity index (χ1v) is 5.55. The summed E-state index contributed by atoms with van der Waals surface area (Å²) in [6, 6.07) is 4.24. The van der Waals surface area contributed by atoms with Gasteiger partial charge in [-0.05, 0) is 31.4 Å². The minimum Gasteiger partial charge on any atom is -0.484 e. The topological polar surface area (TPSA) is 111 Å². The summed E-state index contributed by atoms with van der Waals surface area (Å²) in [6.45, 7) is 0. The lowest BCUT2D eigenvalue weighted by molar-refractivity contribution is -0.386. The number of nitro groups is 1. The van der Waals surface area contributed by atoms with E-state index >= 15 is 0 Å². The lowest BCUT2D eigenvalue weighted by atomic mass is 9.96. The molecule has 1 aromatic carbocycles. The Kier molecular flexibility index (Phi) is 3.31. The van der Waals surface area contributed by atoms with E-state index < -0.39 is 4.92 Å². The molecule has 0 bridgehead atoms. The van der Waals surface area contributed by atoms with Gasteiger partial charge in [-0.1, -0.05) is 5.16 Å². The van der Waals surface area contributed by atoms with E-state index in [4.69, 9.17) is 15.7 Å². The van der Waals surface area contributed by atoms with Gasteiger partial charge in [0.1, 0.15) is 0 Å². The Bertz CT molecular complexity index is 497. The van der Waals surface area contributed by atoms with Crippen molar-refractivity contribution in [2.24, 2.45) is 10.9 Å². The van der Waals surface area contributed by atoms with Gasteiger partial charge in [-0.15, -0.1) is 0 Å². The van der Waals surface area contributed by atoms with Crippen LogP contribution in [0.2, 0.25) is 0 Å². The fourth-order valence-corrected chi connectivity index (χ4v) is 1.64. The summed E-state index contributed by atoms with van der Waals surface area (Å²) in [5, 5.41) is 22.3. The first kappa shape index (κ1) is 12.2. The summed E-state index contributed by atoms with van der Waals surface area (Å²) < 4.78 is 5.53. The maximum Gasteiger partial charge on any atom is 0.311 e. The molecule has 0 unspecified atom stereocenters. The monoisotopic (exact) mass is 251 g/mol. The molecule has 0 spiro atoms. The molecule has 7 heteroatoms. The molecule has 0 aromatic heterocycles. The van der Waals surface area contributed by atoms with Crippen LogP contribution in [0, 0.1) is 10.1 Å². The van der Waals surface area contributed by atoms with E-state index in [1.54, 1.807) is 0 Å². The molecular formula is C11H13N3O4. The zero-order valence-electron chi connectivity index (χ0n) is 9.57. The van der Waals surface area contributed by atoms with E-state index in [1.807, 2.05) is 0 Å². The Balaban J connectivity index is 2.31. The molecular weight excluding hydrogens is 238 g/mol. The minimum absolute atomic E-state index is 0.0541. The number of hydrogen-bond acceptors (Lipinski definition) is 5. The molecule has 1 aliphatic carbocycles. The van der Waals surface area contributed by atoms with Crippen molar-refractivity contribution in [2.45, 2.75) is 25.4 Å². The highest BCUT2D eigenvalue weighted by Crippen LogP contribution is 2.32. The van der Waals surface area contributed by atoms with Gasteiger partial charge < -0.3 is 15.7 Å². The molecule has 1 fully saturated rings. The van der Waals surface area contributed by atoms with Crippen LogP contribution in [0.3, 0.4) is 0 Å². The van der Waals surface area contributed by atoms with Gasteiger partial charge in [0.15, 0.2) is 11.6 Å². The highest BCUT2D eigenvalue weighted by atomic mass is 16.6. The Hall–Kier alpha value is -2.31. The third kappa shape index (κ3) is 2.34. The standard InChI is InChI=1S/C11H13N3O4/c12-11(13-15)7-4-5-10(9(6-7)14(16)17)18-8-2-1-3-8/h4-6,8,15H,1-3H2,(H2,12,13). The lowest BCUT2D eigenvalue weighted by Gasteiger charge is -2.26. The maximum absolute atomic E-state index is 11.0. The van der Waals surface area contributed by atoms with E-state index in [0.29, 0.717) is 0 Å². The second-order valence-electron chi connectivity index (χ2n) is 4.10. The highest BCUT2D eigenvalue weighted by molar-refractivity contribution is 5.97. The number of amidine groups is 1. The Labute approximate surface area is 103 Å². The molecule has 2 rings (SSSR count). The van der Waals surface area contributed by atoms with E-state index in [1.165, 1.54) is 18.2 Å². The predicted octanol–water partition coefficient (Wildman–Crippen LogP) is 1.62. The zero-order chi connectivity index (χ0) is 13.1. The molecule has 0 radical (unpaired) electrons. The molecule has 3 N–H and O–H groups in total. The van der Waals surface area contributed by atoms with Gasteiger partial charge in [-0.25, -0.2) is 0 Å². The zero-order valence-corrected chi connectivity index (χ0v) is 9.57. The van der Waals surface area contributed by atoms with E-state index in [0.717, 1.165) is 19.3 Å². The third-order valence-electron chi connectivity index (χ3n) is 2.90. The van der Waals surface area contributed by atoms with Gasteiger partial charge in [-0.3, -0.25) is 10.1 Å². The molecule has 0 heterocycles. The summed E-state index contributed by atoms with van der Waals surface area (Å²) >= 11 is 0. The molecule has 0 amide bonds. The summed E-state index contributed by atoms with van der Waals surface area (Å²) in [4.78, 5) is 10.4. The first-order valence-electron chi connectivity index (χ1n) is 5.55. The van der Waals surface area contributed by atoms with E-state index in [2.05, 4.69) is 5.16 Å². The molecule has 1 aromatic rings. The minimum atomic E-state index is -0.540. The van der Waals surface area contributed by atoms with Crippen molar-refractivity contribution in [3.63, 3.8) is 0 Å². The molecule has 18 heavy (non-hydrogen) atoms. The number of ether oxygens (including phenoxy) is 1. The first-order chi connectivity index (χ1) is 8.61. The van der Waals surface area contributed by atoms with Crippen molar-refractivity contribution in [2.75, 3.05) is 0 Å². The second kappa shape index (κ2) is 4.91. The van der Waals surface area contributed by atoms with Gasteiger partial charge in [0.05, 0.1) is 11.0 Å². The third-order valence-corrected chi connectivity index (χ3v) is 2.90. The fourth-order valence-electron chi connectivity index (χ4n) is 1.64. The summed E-state index contributed by atoms with van der Waals surface area (Å²) in [5.74, 6) is 0.0486. The Morgan fingerprint density at radius 3 is 2.78 bits per heavy atom. The maximum atomic E-state index is 11.0. The quantitative estimate of drug-likeness (QED) is 0.277. The van der Waals surface area contributed by atoms with Crippen molar-refractivity contribution >= 4 is 11.5 Å². The average molecular weight is 251 g/mol. The van der Waals surface area contributed by atoms with Crippen LogP contribution < -0.4 is 10.5 Å². The Morgan fingerprint density at radius 2 is 2.28 bits per heavy atom. The van der Waals surface area contributed by atoms with Crippen LogP contribution >= 0.6 is 0 Å². The highest BCUT2D eigenvalue weighted by Gasteiger charge is 2.24. The molecule has 1 aliphatic rings. The van der Waals surface area contributed by atoms with E-state index in [9.17, 15) is 10.1 Å². The Morgan fingerprint density at radius 1 is 1.56 bits per heavy atom. The number of benzene rings is 1. The second-order valence-corrected chi connectivity index (χ2v) is 4.10. The largest absolute Gasteiger partial charge is 0.484 e. The molecule has 0 aliphatic heterocycles. The number of nitrogens with zero attached hydrogens (tertiary/aromatic N) is 2. The summed E-state index contributed by atoms with van der Waals surface area (Å²) in [7, 11) is 0. The van der Waals surface area contributed by atoms with Crippen LogP contribution in [0.5, 0.6) is 5.75 Å². The lowest BCUT2D eigenvalue weighted by Crippen LogP contribution is -2.25. The van der Waals surface area contributed by atoms with Gasteiger partial charge in [-0.2, -0.15) is 0 Å². The normalized spacial score (nSPS) is 16.1. The van der Waals surface area contributed by atoms with Crippen LogP contribution in [-0.2, 0) is 0 Å². The number of rotatable bonds is 4. The molecule has 7 nitrogen and oxygen atoms in total. The van der Waals surface area contributed by atoms with Crippen LogP contribution in [0.25, 0.3) is 0 Å². The van der Waals surface area contributed by atoms with Crippen LogP contribution in [-0.4, -0.2) is 22.1 Å². The predicted molar refractivity (Wildman–Crippen MR) is 63.9 cm³/mol. The summed E-state index contributed by atoms with van der Waals surface area (Å²) in [6.07, 6.45) is 2.97. The summed E-state index contributed by atoms with van der Waals surface area (Å²) in [5.41, 5.74) is 5.50. The molecule has 0 atom stereocenters. The van der Waals surface area contributed by atoms with Gasteiger partial charge in [0, 0.05) is 11.6 Å². The van der Waals surface area contributed by atoms with Crippen molar-refractivity contribution in [3.05, 3.63) is 33.9 Å². The molecule has 1 saturated carbocycles. The van der Waals surface area contributed by atoms with E-state index in [-0.39, 0.29) is 28.9 Å². The van der Waals surface area contributed by atoms with Crippen molar-refractivity contribution < 1.29 is 14.9 Å². The van der Waals surface area contributed by atoms with Crippen LogP contribution in [0.4, 0.5) is 5.69 Å². The number of hydrogen-bond donors (Lipinski definition) is 2. The fraction of sp³-hybridized carbons (Fsp3) is 0.364. The van der Waals surface area contributed by atoms with Crippen LogP contribution in [0.15, 0.2) is 23.4 Å². The number of oxime groups is 1. The van der Waals surface area contributed by atoms with Crippen molar-refractivity contribution in [3.8, 4) is 5.75 Å². The number of nitro benzene ring substituents is 1. The smallest absolute Gasteiger partial charge is 0.311 e. The van der Waals surface area contributed by atoms with Crippen molar-refractivity contribution in [1.29, 1.82) is 0 Å². The molecule has 96 valence electrons. The number of nitrogens with two attached hydrogens (primary N) is 1. The van der Waals surface area contributed by atoms with Gasteiger partial charge >= 0.3 is 5.69 Å². The van der Waals surface area contributed by atoms with Crippen LogP contribution in [0.1, 0.15) is 24.8 Å². The van der Waals surface area contributed by atoms with Crippen molar-refractivity contribution in [1.82, 2.24) is 0 Å².